The molecule has 0 aliphatic rings. The van der Waals surface area contributed by atoms with E-state index in [1.807, 2.05) is 54.6 Å². The van der Waals surface area contributed by atoms with Crippen molar-refractivity contribution in [2.24, 2.45) is 0 Å². The van der Waals surface area contributed by atoms with Crippen LogP contribution < -0.4 is 0 Å². The summed E-state index contributed by atoms with van der Waals surface area (Å²) in [5.74, 6) is 1.49. The van der Waals surface area contributed by atoms with Gasteiger partial charge in [0.05, 0.1) is 11.4 Å². The summed E-state index contributed by atoms with van der Waals surface area (Å²) in [5, 5.41) is 20.7. The lowest BCUT2D eigenvalue weighted by atomic mass is 10.2. The number of hydrogen-bond acceptors (Lipinski definition) is 7. The average Bonchev–Trinajstić information content (AvgIpc) is 3.31. The lowest BCUT2D eigenvalue weighted by Gasteiger charge is -2.02. The van der Waals surface area contributed by atoms with Crippen LogP contribution in [0.2, 0.25) is 0 Å². The van der Waals surface area contributed by atoms with Gasteiger partial charge in [0.1, 0.15) is 0 Å². The molecule has 0 saturated heterocycles. The van der Waals surface area contributed by atoms with E-state index in [0.717, 1.165) is 15.7 Å². The third kappa shape index (κ3) is 3.62. The molecule has 0 aliphatic heterocycles. The molecule has 0 N–H and O–H groups in total. The summed E-state index contributed by atoms with van der Waals surface area (Å²) in [6.45, 7) is 0. The Bertz CT molecular complexity index is 970. The third-order valence-electron chi connectivity index (χ3n) is 3.32. The molecule has 0 aliphatic carbocycles. The van der Waals surface area contributed by atoms with Crippen LogP contribution in [0.3, 0.4) is 0 Å². The van der Waals surface area contributed by atoms with Gasteiger partial charge >= 0.3 is 0 Å². The maximum atomic E-state index is 5.72. The topological polar surface area (TPSA) is 82.5 Å². The fourth-order valence-corrected chi connectivity index (χ4v) is 3.14. The molecule has 25 heavy (non-hydrogen) atoms. The Hall–Kier alpha value is -2.52. The van der Waals surface area contributed by atoms with Crippen molar-refractivity contribution in [1.82, 2.24) is 30.4 Å². The number of aromatic nitrogens is 6. The molecule has 0 saturated carbocycles. The number of nitrogens with zero attached hydrogens (tertiary/aromatic N) is 6. The predicted octanol–water partition coefficient (Wildman–Crippen LogP) is 3.77. The Morgan fingerprint density at radius 1 is 0.960 bits per heavy atom. The van der Waals surface area contributed by atoms with Crippen molar-refractivity contribution in [3.63, 3.8) is 0 Å². The number of halogens is 1. The number of para-hydroxylation sites is 1. The lowest BCUT2D eigenvalue weighted by Crippen LogP contribution is -1.98. The van der Waals surface area contributed by atoms with Crippen LogP contribution in [0.15, 0.2) is 68.6 Å². The highest BCUT2D eigenvalue weighted by Crippen LogP contribution is 2.25. The summed E-state index contributed by atoms with van der Waals surface area (Å²) < 4.78 is 8.39. The van der Waals surface area contributed by atoms with E-state index in [1.165, 1.54) is 11.8 Å². The number of rotatable bonds is 5. The van der Waals surface area contributed by atoms with E-state index in [9.17, 15) is 0 Å². The van der Waals surface area contributed by atoms with Crippen molar-refractivity contribution in [2.75, 3.05) is 0 Å². The molecule has 0 atom stereocenters. The van der Waals surface area contributed by atoms with E-state index in [-0.39, 0.29) is 0 Å². The Morgan fingerprint density at radius 3 is 2.56 bits per heavy atom. The highest BCUT2D eigenvalue weighted by molar-refractivity contribution is 9.10. The van der Waals surface area contributed by atoms with E-state index in [2.05, 4.69) is 41.7 Å². The predicted molar refractivity (Wildman–Crippen MR) is 96.1 cm³/mol. The minimum atomic E-state index is 0.483. The molecular formula is C16H11BrN6OS. The van der Waals surface area contributed by atoms with Crippen molar-refractivity contribution in [3.8, 4) is 17.1 Å². The van der Waals surface area contributed by atoms with Crippen molar-refractivity contribution >= 4 is 27.7 Å². The van der Waals surface area contributed by atoms with Crippen LogP contribution in [-0.4, -0.2) is 30.4 Å². The first-order valence-electron chi connectivity index (χ1n) is 7.34. The minimum Gasteiger partial charge on any atom is -0.420 e. The van der Waals surface area contributed by atoms with Crippen LogP contribution in [0.25, 0.3) is 17.1 Å². The molecule has 2 aromatic carbocycles. The largest absolute Gasteiger partial charge is 0.420 e. The molecule has 4 rings (SSSR count). The summed E-state index contributed by atoms with van der Waals surface area (Å²) in [7, 11) is 0. The summed E-state index contributed by atoms with van der Waals surface area (Å²) in [6, 6.07) is 17.4. The third-order valence-corrected chi connectivity index (χ3v) is 4.76. The lowest BCUT2D eigenvalue weighted by molar-refractivity contribution is 0.528. The smallest absolute Gasteiger partial charge is 0.247 e. The van der Waals surface area contributed by atoms with E-state index in [0.29, 0.717) is 22.7 Å². The molecule has 0 fully saturated rings. The summed E-state index contributed by atoms with van der Waals surface area (Å²) in [5.41, 5.74) is 1.78. The van der Waals surface area contributed by atoms with Gasteiger partial charge in [-0.25, -0.2) is 0 Å². The van der Waals surface area contributed by atoms with Crippen LogP contribution in [0.1, 0.15) is 5.89 Å². The van der Waals surface area contributed by atoms with E-state index >= 15 is 0 Å². The normalized spacial score (nSPS) is 10.9. The first kappa shape index (κ1) is 16.0. The Labute approximate surface area is 155 Å². The molecule has 0 bridgehead atoms. The molecule has 0 amide bonds. The quantitative estimate of drug-likeness (QED) is 0.459. The van der Waals surface area contributed by atoms with Crippen molar-refractivity contribution in [3.05, 3.63) is 65.0 Å². The zero-order valence-electron chi connectivity index (χ0n) is 12.8. The summed E-state index contributed by atoms with van der Waals surface area (Å²) in [6.07, 6.45) is 0. The molecule has 9 heteroatoms. The number of thioether (sulfide) groups is 1. The minimum absolute atomic E-state index is 0.483. The Kier molecular flexibility index (Phi) is 4.57. The number of tetrazole rings is 1. The van der Waals surface area contributed by atoms with Crippen LogP contribution in [-0.2, 0) is 5.75 Å². The second kappa shape index (κ2) is 7.16. The second-order valence-electron chi connectivity index (χ2n) is 5.01. The van der Waals surface area contributed by atoms with Gasteiger partial charge in [0.2, 0.25) is 16.9 Å². The molecular weight excluding hydrogens is 404 g/mol. The standard InChI is InChI=1S/C16H11BrN6OS/c17-12-8-6-11(7-9-12)15-19-18-14(24-15)10-25-16-20-21-22-23(16)13-4-2-1-3-5-13/h1-9H,10H2. The van der Waals surface area contributed by atoms with Crippen molar-refractivity contribution in [2.45, 2.75) is 10.9 Å². The SMILES string of the molecule is Brc1ccc(-c2nnc(CSc3nnnn3-c3ccccc3)o2)cc1. The van der Waals surface area contributed by atoms with Gasteiger partial charge < -0.3 is 4.42 Å². The maximum absolute atomic E-state index is 5.72. The first-order valence-corrected chi connectivity index (χ1v) is 9.12. The van der Waals surface area contributed by atoms with Gasteiger partial charge in [-0.05, 0) is 46.8 Å². The second-order valence-corrected chi connectivity index (χ2v) is 6.86. The Balaban J connectivity index is 1.48. The molecule has 2 heterocycles. The van der Waals surface area contributed by atoms with Gasteiger partial charge in [-0.15, -0.1) is 15.3 Å². The molecule has 0 radical (unpaired) electrons. The zero-order chi connectivity index (χ0) is 17.1. The zero-order valence-corrected chi connectivity index (χ0v) is 15.2. The summed E-state index contributed by atoms with van der Waals surface area (Å²) in [4.78, 5) is 0. The van der Waals surface area contributed by atoms with Crippen LogP contribution in [0, 0.1) is 0 Å². The highest BCUT2D eigenvalue weighted by Gasteiger charge is 2.13. The highest BCUT2D eigenvalue weighted by atomic mass is 79.9. The van der Waals surface area contributed by atoms with Crippen LogP contribution >= 0.6 is 27.7 Å². The number of hydrogen-bond donors (Lipinski definition) is 0. The van der Waals surface area contributed by atoms with Crippen molar-refractivity contribution in [1.29, 1.82) is 0 Å². The van der Waals surface area contributed by atoms with Gasteiger partial charge in [0.25, 0.3) is 0 Å². The number of benzene rings is 2. The van der Waals surface area contributed by atoms with E-state index in [1.54, 1.807) is 4.68 Å². The van der Waals surface area contributed by atoms with Gasteiger partial charge in [-0.3, -0.25) is 0 Å². The molecule has 2 aromatic heterocycles. The average molecular weight is 415 g/mol. The van der Waals surface area contributed by atoms with E-state index in [4.69, 9.17) is 4.42 Å². The molecule has 0 unspecified atom stereocenters. The first-order chi connectivity index (χ1) is 12.3. The monoisotopic (exact) mass is 414 g/mol. The van der Waals surface area contributed by atoms with E-state index < -0.39 is 0 Å². The molecule has 0 spiro atoms. The van der Waals surface area contributed by atoms with Gasteiger partial charge in [0.15, 0.2) is 0 Å². The van der Waals surface area contributed by atoms with Gasteiger partial charge in [-0.2, -0.15) is 4.68 Å². The van der Waals surface area contributed by atoms with Crippen LogP contribution in [0.5, 0.6) is 0 Å². The summed E-state index contributed by atoms with van der Waals surface area (Å²) >= 11 is 4.84. The molecule has 7 nitrogen and oxygen atoms in total. The Morgan fingerprint density at radius 2 is 1.76 bits per heavy atom. The maximum Gasteiger partial charge on any atom is 0.247 e. The van der Waals surface area contributed by atoms with Crippen LogP contribution in [0.4, 0.5) is 0 Å². The fraction of sp³-hybridized carbons (Fsp3) is 0.0625. The fourth-order valence-electron chi connectivity index (χ4n) is 2.15. The molecule has 124 valence electrons. The molecule has 4 aromatic rings. The van der Waals surface area contributed by atoms with Gasteiger partial charge in [0, 0.05) is 10.0 Å². The van der Waals surface area contributed by atoms with Gasteiger partial charge in [-0.1, -0.05) is 45.9 Å². The van der Waals surface area contributed by atoms with Crippen molar-refractivity contribution < 1.29 is 4.42 Å².